The number of sulfonamides is 1. The van der Waals surface area contributed by atoms with E-state index in [4.69, 9.17) is 0 Å². The number of aromatic nitrogens is 1. The molecule has 2 rings (SSSR count). The molecule has 1 aromatic rings. The summed E-state index contributed by atoms with van der Waals surface area (Å²) >= 11 is 0. The topological polar surface area (TPSA) is 71.1 Å². The Labute approximate surface area is 127 Å². The summed E-state index contributed by atoms with van der Waals surface area (Å²) in [5, 5.41) is 3.13. The van der Waals surface area contributed by atoms with Crippen LogP contribution in [0.4, 0.5) is 0 Å². The van der Waals surface area contributed by atoms with Gasteiger partial charge in [0.25, 0.3) is 10.0 Å². The summed E-state index contributed by atoms with van der Waals surface area (Å²) < 4.78 is 27.6. The van der Waals surface area contributed by atoms with Crippen molar-refractivity contribution in [2.75, 3.05) is 7.05 Å². The van der Waals surface area contributed by atoms with Gasteiger partial charge in [0, 0.05) is 18.8 Å². The highest BCUT2D eigenvalue weighted by Crippen LogP contribution is 2.27. The molecule has 2 unspecified atom stereocenters. The molecule has 1 fully saturated rings. The first-order chi connectivity index (χ1) is 10.0. The number of nitrogens with zero attached hydrogens (tertiary/aromatic N) is 1. The van der Waals surface area contributed by atoms with E-state index in [-0.39, 0.29) is 11.1 Å². The SMILES string of the molecule is CCC1CCCC(NS(=O)(=O)c2ccc(CNC)cn2)C1. The van der Waals surface area contributed by atoms with Crippen molar-refractivity contribution in [3.05, 3.63) is 23.9 Å². The molecule has 1 aromatic heterocycles. The largest absolute Gasteiger partial charge is 0.316 e. The number of hydrogen-bond donors (Lipinski definition) is 2. The maximum absolute atomic E-state index is 12.4. The van der Waals surface area contributed by atoms with Crippen molar-refractivity contribution in [3.63, 3.8) is 0 Å². The third-order valence-electron chi connectivity index (χ3n) is 4.14. The van der Waals surface area contributed by atoms with Gasteiger partial charge in [0.2, 0.25) is 0 Å². The van der Waals surface area contributed by atoms with Gasteiger partial charge in [-0.15, -0.1) is 0 Å². The van der Waals surface area contributed by atoms with Gasteiger partial charge in [0.05, 0.1) is 0 Å². The third-order valence-corrected chi connectivity index (χ3v) is 5.57. The molecular formula is C15H25N3O2S. The molecule has 1 aliphatic carbocycles. The maximum atomic E-state index is 12.4. The Bertz CT molecular complexity index is 543. The van der Waals surface area contributed by atoms with Gasteiger partial charge < -0.3 is 5.32 Å². The van der Waals surface area contributed by atoms with Crippen molar-refractivity contribution in [2.45, 2.75) is 56.6 Å². The van der Waals surface area contributed by atoms with Crippen molar-refractivity contribution in [2.24, 2.45) is 5.92 Å². The van der Waals surface area contributed by atoms with Crippen molar-refractivity contribution < 1.29 is 8.42 Å². The molecule has 6 heteroatoms. The van der Waals surface area contributed by atoms with E-state index in [1.807, 2.05) is 7.05 Å². The summed E-state index contributed by atoms with van der Waals surface area (Å²) in [6.45, 7) is 2.85. The van der Waals surface area contributed by atoms with Crippen molar-refractivity contribution >= 4 is 10.0 Å². The molecule has 0 aromatic carbocycles. The summed E-state index contributed by atoms with van der Waals surface area (Å²) in [7, 11) is -1.66. The van der Waals surface area contributed by atoms with E-state index in [0.29, 0.717) is 12.5 Å². The number of rotatable bonds is 6. The minimum Gasteiger partial charge on any atom is -0.316 e. The molecule has 2 N–H and O–H groups in total. The summed E-state index contributed by atoms with van der Waals surface area (Å²) in [5.74, 6) is 0.636. The quantitative estimate of drug-likeness (QED) is 0.843. The van der Waals surface area contributed by atoms with Gasteiger partial charge in [-0.2, -0.15) is 0 Å². The van der Waals surface area contributed by atoms with Crippen LogP contribution in [0.1, 0.15) is 44.6 Å². The van der Waals surface area contributed by atoms with Gasteiger partial charge in [-0.3, -0.25) is 0 Å². The summed E-state index contributed by atoms with van der Waals surface area (Å²) in [6.07, 6.45) is 6.91. The molecule has 0 spiro atoms. The van der Waals surface area contributed by atoms with Crippen molar-refractivity contribution in [3.8, 4) is 0 Å². The molecule has 1 aliphatic rings. The minimum absolute atomic E-state index is 0.0486. The monoisotopic (exact) mass is 311 g/mol. The van der Waals surface area contributed by atoms with Gasteiger partial charge in [0.15, 0.2) is 5.03 Å². The van der Waals surface area contributed by atoms with E-state index < -0.39 is 10.0 Å². The molecular weight excluding hydrogens is 286 g/mol. The Kier molecular flexibility index (Phi) is 5.72. The smallest absolute Gasteiger partial charge is 0.258 e. The average molecular weight is 311 g/mol. The fraction of sp³-hybridized carbons (Fsp3) is 0.667. The third kappa shape index (κ3) is 4.49. The Hall–Kier alpha value is -0.980. The summed E-state index contributed by atoms with van der Waals surface area (Å²) in [4.78, 5) is 4.08. The highest BCUT2D eigenvalue weighted by molar-refractivity contribution is 7.89. The van der Waals surface area contributed by atoms with E-state index >= 15 is 0 Å². The van der Waals surface area contributed by atoms with Crippen LogP contribution in [0.3, 0.4) is 0 Å². The molecule has 2 atom stereocenters. The number of pyridine rings is 1. The predicted octanol–water partition coefficient (Wildman–Crippen LogP) is 2.05. The fourth-order valence-corrected chi connectivity index (χ4v) is 4.14. The van der Waals surface area contributed by atoms with Crippen LogP contribution < -0.4 is 10.0 Å². The Morgan fingerprint density at radius 3 is 2.76 bits per heavy atom. The van der Waals surface area contributed by atoms with E-state index in [2.05, 4.69) is 21.9 Å². The van der Waals surface area contributed by atoms with Crippen LogP contribution in [-0.4, -0.2) is 26.5 Å². The average Bonchev–Trinajstić information content (AvgIpc) is 2.48. The van der Waals surface area contributed by atoms with Gasteiger partial charge in [-0.05, 0) is 37.4 Å². The first-order valence-corrected chi connectivity index (χ1v) is 9.15. The van der Waals surface area contributed by atoms with E-state index in [9.17, 15) is 8.42 Å². The van der Waals surface area contributed by atoms with Gasteiger partial charge >= 0.3 is 0 Å². The van der Waals surface area contributed by atoms with E-state index in [1.54, 1.807) is 18.3 Å². The second-order valence-electron chi connectivity index (χ2n) is 5.79. The summed E-state index contributed by atoms with van der Waals surface area (Å²) in [5.41, 5.74) is 0.972. The normalized spacial score (nSPS) is 23.1. The zero-order valence-corrected chi connectivity index (χ0v) is 13.6. The zero-order chi connectivity index (χ0) is 15.3. The van der Waals surface area contributed by atoms with Crippen LogP contribution in [-0.2, 0) is 16.6 Å². The van der Waals surface area contributed by atoms with Crippen LogP contribution in [0, 0.1) is 5.92 Å². The minimum atomic E-state index is -3.50. The Balaban J connectivity index is 2.03. The molecule has 0 radical (unpaired) electrons. The van der Waals surface area contributed by atoms with Gasteiger partial charge in [-0.25, -0.2) is 18.1 Å². The fourth-order valence-electron chi connectivity index (χ4n) is 2.93. The highest BCUT2D eigenvalue weighted by atomic mass is 32.2. The van der Waals surface area contributed by atoms with Gasteiger partial charge in [0.1, 0.15) is 0 Å². The van der Waals surface area contributed by atoms with Crippen LogP contribution in [0.15, 0.2) is 23.4 Å². The summed E-state index contributed by atoms with van der Waals surface area (Å²) in [6, 6.07) is 3.43. The molecule has 0 bridgehead atoms. The predicted molar refractivity (Wildman–Crippen MR) is 83.4 cm³/mol. The lowest BCUT2D eigenvalue weighted by atomic mass is 9.85. The molecule has 0 saturated heterocycles. The first kappa shape index (κ1) is 16.4. The molecule has 5 nitrogen and oxygen atoms in total. The molecule has 1 saturated carbocycles. The Morgan fingerprint density at radius 1 is 1.33 bits per heavy atom. The standard InChI is InChI=1S/C15H25N3O2S/c1-3-12-5-4-6-14(9-12)18-21(19,20)15-8-7-13(10-16-2)11-17-15/h7-8,11-12,14,16,18H,3-6,9-10H2,1-2H3. The molecule has 21 heavy (non-hydrogen) atoms. The number of hydrogen-bond acceptors (Lipinski definition) is 4. The molecule has 118 valence electrons. The van der Waals surface area contributed by atoms with Crippen LogP contribution >= 0.6 is 0 Å². The second kappa shape index (κ2) is 7.33. The lowest BCUT2D eigenvalue weighted by Gasteiger charge is -2.28. The Morgan fingerprint density at radius 2 is 2.14 bits per heavy atom. The van der Waals surface area contributed by atoms with E-state index in [1.165, 1.54) is 6.42 Å². The lowest BCUT2D eigenvalue weighted by molar-refractivity contribution is 0.301. The van der Waals surface area contributed by atoms with Crippen LogP contribution in [0.2, 0.25) is 0 Å². The van der Waals surface area contributed by atoms with Crippen molar-refractivity contribution in [1.82, 2.24) is 15.0 Å². The molecule has 0 amide bonds. The van der Waals surface area contributed by atoms with E-state index in [0.717, 1.165) is 31.2 Å². The molecule has 1 heterocycles. The highest BCUT2D eigenvalue weighted by Gasteiger charge is 2.26. The van der Waals surface area contributed by atoms with Gasteiger partial charge in [-0.1, -0.05) is 32.3 Å². The zero-order valence-electron chi connectivity index (χ0n) is 12.8. The lowest BCUT2D eigenvalue weighted by Crippen LogP contribution is -2.38. The van der Waals surface area contributed by atoms with Crippen LogP contribution in [0.5, 0.6) is 0 Å². The first-order valence-electron chi connectivity index (χ1n) is 7.67. The molecule has 0 aliphatic heterocycles. The number of nitrogens with one attached hydrogen (secondary N) is 2. The van der Waals surface area contributed by atoms with Crippen LogP contribution in [0.25, 0.3) is 0 Å². The maximum Gasteiger partial charge on any atom is 0.258 e. The van der Waals surface area contributed by atoms with Crippen molar-refractivity contribution in [1.29, 1.82) is 0 Å². The second-order valence-corrected chi connectivity index (χ2v) is 7.45.